The highest BCUT2D eigenvalue weighted by Gasteiger charge is 2.50. The fourth-order valence-corrected chi connectivity index (χ4v) is 2.72. The average Bonchev–Trinajstić information content (AvgIpc) is 2.31. The highest BCUT2D eigenvalue weighted by molar-refractivity contribution is 6.30. The van der Waals surface area contributed by atoms with Gasteiger partial charge in [0.05, 0.1) is 30.9 Å². The van der Waals surface area contributed by atoms with Crippen molar-refractivity contribution in [1.82, 2.24) is 4.98 Å². The molecule has 6 heteroatoms. The van der Waals surface area contributed by atoms with Gasteiger partial charge in [0.1, 0.15) is 11.3 Å². The lowest BCUT2D eigenvalue weighted by Gasteiger charge is -2.53. The number of H-pyrrole nitrogens is 1. The zero-order chi connectivity index (χ0) is 12.8. The number of aromatic nitrogens is 1. The molecule has 1 N–H and O–H groups in total. The molecular weight excluding hydrogens is 256 g/mol. The first-order chi connectivity index (χ1) is 8.62. The second-order valence-corrected chi connectivity index (χ2v) is 5.24. The molecule has 3 rings (SSSR count). The number of nitrogens with one attached hydrogen (secondary N) is 1. The fourth-order valence-electron chi connectivity index (χ4n) is 2.56. The summed E-state index contributed by atoms with van der Waals surface area (Å²) in [5.74, 6) is 0. The fraction of sp³-hybridized carbons (Fsp3) is 0.583. The second-order valence-electron chi connectivity index (χ2n) is 4.81. The van der Waals surface area contributed by atoms with Crippen LogP contribution < -0.4 is 10.5 Å². The molecule has 0 aliphatic carbocycles. The Morgan fingerprint density at radius 2 is 2.33 bits per heavy atom. The van der Waals surface area contributed by atoms with E-state index in [9.17, 15) is 4.79 Å². The molecule has 3 heterocycles. The summed E-state index contributed by atoms with van der Waals surface area (Å²) in [5.41, 5.74) is 0.209. The van der Waals surface area contributed by atoms with E-state index in [0.29, 0.717) is 37.1 Å². The second kappa shape index (κ2) is 4.26. The molecule has 2 aliphatic heterocycles. The van der Waals surface area contributed by atoms with Crippen molar-refractivity contribution >= 4 is 17.3 Å². The van der Waals surface area contributed by atoms with Crippen LogP contribution in [0.15, 0.2) is 17.1 Å². The van der Waals surface area contributed by atoms with Crippen LogP contribution in [-0.2, 0) is 9.47 Å². The third-order valence-corrected chi connectivity index (χ3v) is 4.02. The summed E-state index contributed by atoms with van der Waals surface area (Å²) in [7, 11) is 0. The van der Waals surface area contributed by atoms with Crippen LogP contribution in [0.5, 0.6) is 0 Å². The summed E-state index contributed by atoms with van der Waals surface area (Å²) in [5, 5.41) is 0.530. The number of aromatic amines is 1. The maximum absolute atomic E-state index is 11.9. The maximum atomic E-state index is 11.9. The summed E-state index contributed by atoms with van der Waals surface area (Å²) in [6.45, 7) is 4.51. The molecule has 0 aromatic carbocycles. The molecule has 2 aliphatic rings. The lowest BCUT2D eigenvalue weighted by molar-refractivity contribution is -0.228. The van der Waals surface area contributed by atoms with Crippen molar-refractivity contribution in [3.63, 3.8) is 0 Å². The average molecular weight is 271 g/mol. The van der Waals surface area contributed by atoms with Crippen molar-refractivity contribution in [3.05, 3.63) is 27.6 Å². The van der Waals surface area contributed by atoms with E-state index in [2.05, 4.69) is 16.8 Å². The Morgan fingerprint density at radius 1 is 1.56 bits per heavy atom. The molecule has 0 bridgehead atoms. The monoisotopic (exact) mass is 270 g/mol. The Bertz CT molecular complexity index is 512. The van der Waals surface area contributed by atoms with Crippen LogP contribution >= 0.6 is 11.6 Å². The number of halogens is 1. The van der Waals surface area contributed by atoms with Gasteiger partial charge in [0.25, 0.3) is 5.56 Å². The Labute approximate surface area is 110 Å². The molecule has 1 spiro atoms. The highest BCUT2D eigenvalue weighted by atomic mass is 35.5. The summed E-state index contributed by atoms with van der Waals surface area (Å²) in [6.07, 6.45) is 1.50. The number of rotatable bonds is 1. The highest BCUT2D eigenvalue weighted by Crippen LogP contribution is 2.34. The maximum Gasteiger partial charge on any atom is 0.271 e. The molecule has 0 saturated carbocycles. The molecular formula is C12H15ClN2O3. The quantitative estimate of drug-likeness (QED) is 0.828. The van der Waals surface area contributed by atoms with Gasteiger partial charge in [0.2, 0.25) is 0 Å². The number of hydrogen-bond donors (Lipinski definition) is 1. The summed E-state index contributed by atoms with van der Waals surface area (Å²) >= 11 is 5.95. The molecule has 18 heavy (non-hydrogen) atoms. The van der Waals surface area contributed by atoms with Gasteiger partial charge in [-0.1, -0.05) is 11.6 Å². The van der Waals surface area contributed by atoms with Crippen molar-refractivity contribution in [1.29, 1.82) is 0 Å². The Morgan fingerprint density at radius 3 is 3.00 bits per heavy atom. The first-order valence-electron chi connectivity index (χ1n) is 5.99. The SMILES string of the molecule is CC1N(c2cc(Cl)c[nH]c2=O)CCOC12COC2. The van der Waals surface area contributed by atoms with E-state index >= 15 is 0 Å². The molecule has 2 saturated heterocycles. The smallest absolute Gasteiger partial charge is 0.271 e. The van der Waals surface area contributed by atoms with Crippen LogP contribution in [-0.4, -0.2) is 43.0 Å². The van der Waals surface area contributed by atoms with Gasteiger partial charge in [-0.2, -0.15) is 0 Å². The van der Waals surface area contributed by atoms with E-state index in [-0.39, 0.29) is 17.2 Å². The van der Waals surface area contributed by atoms with Gasteiger partial charge in [-0.05, 0) is 13.0 Å². The van der Waals surface area contributed by atoms with Crippen molar-refractivity contribution in [2.45, 2.75) is 18.6 Å². The molecule has 0 amide bonds. The minimum absolute atomic E-state index is 0.0968. The lowest BCUT2D eigenvalue weighted by atomic mass is 9.90. The van der Waals surface area contributed by atoms with Gasteiger partial charge in [0, 0.05) is 12.7 Å². The van der Waals surface area contributed by atoms with Gasteiger partial charge in [-0.3, -0.25) is 4.79 Å². The van der Waals surface area contributed by atoms with Crippen LogP contribution in [0.1, 0.15) is 6.92 Å². The number of ether oxygens (including phenoxy) is 2. The molecule has 5 nitrogen and oxygen atoms in total. The van der Waals surface area contributed by atoms with Crippen LogP contribution in [0.3, 0.4) is 0 Å². The van der Waals surface area contributed by atoms with Crippen molar-refractivity contribution in [2.24, 2.45) is 0 Å². The Hall–Kier alpha value is -1.04. The van der Waals surface area contributed by atoms with Crippen LogP contribution in [0.2, 0.25) is 5.02 Å². The summed E-state index contributed by atoms with van der Waals surface area (Å²) in [4.78, 5) is 16.6. The van der Waals surface area contributed by atoms with E-state index in [1.807, 2.05) is 0 Å². The third-order valence-electron chi connectivity index (χ3n) is 3.80. The number of pyridine rings is 1. The molecule has 1 atom stereocenters. The standard InChI is InChI=1S/C12H15ClN2O3/c1-8-12(6-17-7-12)18-3-2-15(8)10-4-9(13)5-14-11(10)16/h4-5,8H,2-3,6-7H2,1H3,(H,14,16). The van der Waals surface area contributed by atoms with Crippen molar-refractivity contribution in [2.75, 3.05) is 31.3 Å². The van der Waals surface area contributed by atoms with E-state index in [1.54, 1.807) is 6.07 Å². The van der Waals surface area contributed by atoms with Gasteiger partial charge in [0.15, 0.2) is 0 Å². The normalized spacial score (nSPS) is 26.1. The van der Waals surface area contributed by atoms with Crippen LogP contribution in [0, 0.1) is 0 Å². The third kappa shape index (κ3) is 1.74. The van der Waals surface area contributed by atoms with Crippen LogP contribution in [0.4, 0.5) is 5.69 Å². The van der Waals surface area contributed by atoms with Gasteiger partial charge < -0.3 is 19.4 Å². The first kappa shape index (κ1) is 12.0. The minimum atomic E-state index is -0.271. The van der Waals surface area contributed by atoms with Crippen molar-refractivity contribution < 1.29 is 9.47 Å². The molecule has 98 valence electrons. The number of morpholine rings is 1. The Kier molecular flexibility index (Phi) is 2.84. The number of nitrogens with zero attached hydrogens (tertiary/aromatic N) is 1. The topological polar surface area (TPSA) is 54.6 Å². The predicted molar refractivity (Wildman–Crippen MR) is 68.4 cm³/mol. The van der Waals surface area contributed by atoms with Gasteiger partial charge in [-0.15, -0.1) is 0 Å². The lowest BCUT2D eigenvalue weighted by Crippen LogP contribution is -2.68. The van der Waals surface area contributed by atoms with Gasteiger partial charge in [-0.25, -0.2) is 0 Å². The Balaban J connectivity index is 1.95. The van der Waals surface area contributed by atoms with Crippen LogP contribution in [0.25, 0.3) is 0 Å². The molecule has 2 fully saturated rings. The first-order valence-corrected chi connectivity index (χ1v) is 6.37. The zero-order valence-corrected chi connectivity index (χ0v) is 10.9. The zero-order valence-electron chi connectivity index (χ0n) is 10.1. The van der Waals surface area contributed by atoms with Crippen molar-refractivity contribution in [3.8, 4) is 0 Å². The largest absolute Gasteiger partial charge is 0.375 e. The van der Waals surface area contributed by atoms with E-state index in [1.165, 1.54) is 6.20 Å². The predicted octanol–water partition coefficient (Wildman–Crippen LogP) is 1.02. The summed E-state index contributed by atoms with van der Waals surface area (Å²) < 4.78 is 11.1. The minimum Gasteiger partial charge on any atom is -0.375 e. The van der Waals surface area contributed by atoms with Gasteiger partial charge >= 0.3 is 0 Å². The van der Waals surface area contributed by atoms with E-state index < -0.39 is 0 Å². The number of anilines is 1. The number of hydrogen-bond acceptors (Lipinski definition) is 4. The molecule has 1 aromatic rings. The van der Waals surface area contributed by atoms with E-state index in [4.69, 9.17) is 21.1 Å². The molecule has 1 unspecified atom stereocenters. The molecule has 1 aromatic heterocycles. The van der Waals surface area contributed by atoms with E-state index in [0.717, 1.165) is 0 Å². The molecule has 0 radical (unpaired) electrons. The summed E-state index contributed by atoms with van der Waals surface area (Å²) in [6, 6.07) is 1.80.